The van der Waals surface area contributed by atoms with Gasteiger partial charge < -0.3 is 14.7 Å². The Morgan fingerprint density at radius 1 is 1.24 bits per heavy atom. The highest BCUT2D eigenvalue weighted by Gasteiger charge is 2.33. The number of hydrogen-bond donors (Lipinski definition) is 1. The Morgan fingerprint density at radius 3 is 2.80 bits per heavy atom. The Kier molecular flexibility index (Phi) is 4.79. The summed E-state index contributed by atoms with van der Waals surface area (Å²) in [4.78, 5) is 14.3. The molecule has 0 fully saturated rings. The maximum atomic E-state index is 12.6. The fraction of sp³-hybridized carbons (Fsp3) is 0.211. The van der Waals surface area contributed by atoms with E-state index < -0.39 is 0 Å². The van der Waals surface area contributed by atoms with E-state index in [1.54, 1.807) is 17.0 Å². The summed E-state index contributed by atoms with van der Waals surface area (Å²) in [6.07, 6.45) is 2.39. The molecule has 6 heteroatoms. The normalized spacial score (nSPS) is 15.2. The van der Waals surface area contributed by atoms with Crippen molar-refractivity contribution in [3.8, 4) is 11.5 Å². The van der Waals surface area contributed by atoms with Gasteiger partial charge in [-0.1, -0.05) is 25.1 Å². The Morgan fingerprint density at radius 2 is 2.04 bits per heavy atom. The third-order valence-electron chi connectivity index (χ3n) is 3.91. The first-order valence-corrected chi connectivity index (χ1v) is 8.05. The number of aromatic hydroxyl groups is 1. The van der Waals surface area contributed by atoms with Crippen LogP contribution in [0.15, 0.2) is 52.7 Å². The van der Waals surface area contributed by atoms with Crippen LogP contribution in [0.4, 0.5) is 5.69 Å². The van der Waals surface area contributed by atoms with Gasteiger partial charge in [0.25, 0.3) is 5.91 Å². The van der Waals surface area contributed by atoms with Gasteiger partial charge in [0.15, 0.2) is 17.2 Å². The van der Waals surface area contributed by atoms with Crippen LogP contribution in [0.1, 0.15) is 24.5 Å². The molecule has 1 heterocycles. The molecule has 0 atom stereocenters. The van der Waals surface area contributed by atoms with Gasteiger partial charge in [-0.3, -0.25) is 4.79 Å². The van der Waals surface area contributed by atoms with E-state index in [1.165, 1.54) is 19.4 Å². The fourth-order valence-electron chi connectivity index (χ4n) is 2.73. The molecule has 1 amide bonds. The zero-order chi connectivity index (χ0) is 17.8. The lowest BCUT2D eigenvalue weighted by Crippen LogP contribution is -2.30. The quantitative estimate of drug-likeness (QED) is 0.673. The van der Waals surface area contributed by atoms with E-state index in [0.717, 1.165) is 17.7 Å². The number of nitrogens with zero attached hydrogens (tertiary/aromatic N) is 3. The first-order valence-electron chi connectivity index (χ1n) is 8.05. The molecule has 128 valence electrons. The maximum Gasteiger partial charge on any atom is 0.279 e. The van der Waals surface area contributed by atoms with Crippen molar-refractivity contribution in [1.82, 2.24) is 0 Å². The number of hydrogen-bond acceptors (Lipinski definition) is 5. The molecular formula is C19H19N3O3. The zero-order valence-electron chi connectivity index (χ0n) is 14.1. The van der Waals surface area contributed by atoms with Crippen molar-refractivity contribution in [1.29, 1.82) is 0 Å². The molecule has 0 radical (unpaired) electrons. The van der Waals surface area contributed by atoms with Gasteiger partial charge in [0.2, 0.25) is 0 Å². The summed E-state index contributed by atoms with van der Waals surface area (Å²) >= 11 is 0. The molecule has 2 aromatic rings. The van der Waals surface area contributed by atoms with E-state index in [0.29, 0.717) is 23.6 Å². The second kappa shape index (κ2) is 7.17. The van der Waals surface area contributed by atoms with Crippen molar-refractivity contribution in [3.05, 3.63) is 53.6 Å². The van der Waals surface area contributed by atoms with Crippen molar-refractivity contribution in [3.63, 3.8) is 0 Å². The molecule has 0 aliphatic carbocycles. The van der Waals surface area contributed by atoms with Gasteiger partial charge >= 0.3 is 0 Å². The number of rotatable bonds is 5. The molecule has 25 heavy (non-hydrogen) atoms. The number of anilines is 1. The van der Waals surface area contributed by atoms with Crippen molar-refractivity contribution >= 4 is 23.5 Å². The molecule has 0 unspecified atom stereocenters. The second-order valence-corrected chi connectivity index (χ2v) is 5.60. The van der Waals surface area contributed by atoms with Crippen LogP contribution in [0.2, 0.25) is 0 Å². The van der Waals surface area contributed by atoms with Crippen LogP contribution in [-0.4, -0.2) is 36.6 Å². The van der Waals surface area contributed by atoms with Crippen LogP contribution in [0.5, 0.6) is 11.5 Å². The van der Waals surface area contributed by atoms with E-state index in [4.69, 9.17) is 4.74 Å². The molecule has 3 rings (SSSR count). The Labute approximate surface area is 146 Å². The molecule has 1 aliphatic rings. The highest BCUT2D eigenvalue weighted by Crippen LogP contribution is 2.29. The molecule has 1 aliphatic heterocycles. The highest BCUT2D eigenvalue weighted by molar-refractivity contribution is 6.54. The minimum Gasteiger partial charge on any atom is -0.504 e. The summed E-state index contributed by atoms with van der Waals surface area (Å²) in [7, 11) is 1.48. The Bertz CT molecular complexity index is 859. The summed E-state index contributed by atoms with van der Waals surface area (Å²) < 4.78 is 5.06. The van der Waals surface area contributed by atoms with Crippen molar-refractivity contribution in [2.45, 2.75) is 13.3 Å². The first kappa shape index (κ1) is 16.7. The molecule has 1 N–H and O–H groups in total. The Hall–Kier alpha value is -3.15. The van der Waals surface area contributed by atoms with Gasteiger partial charge in [-0.2, -0.15) is 5.10 Å². The number of amides is 1. The number of para-hydroxylation sites is 1. The molecule has 0 saturated heterocycles. The van der Waals surface area contributed by atoms with Crippen LogP contribution >= 0.6 is 0 Å². The lowest BCUT2D eigenvalue weighted by Gasteiger charge is -2.14. The molecule has 6 nitrogen and oxygen atoms in total. The van der Waals surface area contributed by atoms with Crippen LogP contribution in [0, 0.1) is 0 Å². The topological polar surface area (TPSA) is 74.5 Å². The molecule has 2 aromatic carbocycles. The summed E-state index contributed by atoms with van der Waals surface area (Å²) in [6, 6.07) is 12.4. The molecule has 0 spiro atoms. The number of carbonyl (C=O) groups excluding carboxylic acids is 1. The number of methoxy groups -OCH3 is 1. The largest absolute Gasteiger partial charge is 0.504 e. The predicted molar refractivity (Wildman–Crippen MR) is 97.9 cm³/mol. The van der Waals surface area contributed by atoms with Gasteiger partial charge in [-0.15, -0.1) is 5.10 Å². The lowest BCUT2D eigenvalue weighted by atomic mass is 10.1. The highest BCUT2D eigenvalue weighted by atomic mass is 16.5. The number of phenolic OH excluding ortho intramolecular Hbond substituents is 1. The smallest absolute Gasteiger partial charge is 0.279 e. The second-order valence-electron chi connectivity index (χ2n) is 5.60. The third kappa shape index (κ3) is 3.24. The van der Waals surface area contributed by atoms with Gasteiger partial charge in [0, 0.05) is 12.1 Å². The summed E-state index contributed by atoms with van der Waals surface area (Å²) in [5.74, 6) is 0.276. The van der Waals surface area contributed by atoms with E-state index in [2.05, 4.69) is 10.2 Å². The molecule has 0 aromatic heterocycles. The average molecular weight is 337 g/mol. The molecule has 0 bridgehead atoms. The zero-order valence-corrected chi connectivity index (χ0v) is 14.1. The van der Waals surface area contributed by atoms with Crippen molar-refractivity contribution < 1.29 is 14.6 Å². The third-order valence-corrected chi connectivity index (χ3v) is 3.91. The van der Waals surface area contributed by atoms with Crippen LogP contribution in [0.3, 0.4) is 0 Å². The standard InChI is InChI=1S/C19H19N3O3/c1-3-10-22-15-7-5-4-6-14(15)18(19(22)24)21-20-12-13-8-9-16(23)17(11-13)25-2/h4-9,11-12,23H,3,10H2,1-2H3/b20-12+,21-18+. The SMILES string of the molecule is CCCN1C(=O)/C(=N/N=C/c2ccc(O)c(OC)c2)c2ccccc21. The predicted octanol–water partition coefficient (Wildman–Crippen LogP) is 2.98. The number of fused-ring (bicyclic) bond motifs is 1. The van der Waals surface area contributed by atoms with Crippen molar-refractivity contribution in [2.75, 3.05) is 18.6 Å². The number of phenols is 1. The number of carbonyl (C=O) groups is 1. The average Bonchev–Trinajstić information content (AvgIpc) is 2.89. The van der Waals surface area contributed by atoms with Crippen LogP contribution in [-0.2, 0) is 4.79 Å². The summed E-state index contributed by atoms with van der Waals surface area (Å²) in [6.45, 7) is 2.68. The maximum absolute atomic E-state index is 12.6. The van der Waals surface area contributed by atoms with Gasteiger partial charge in [-0.25, -0.2) is 0 Å². The van der Waals surface area contributed by atoms with Crippen LogP contribution in [0.25, 0.3) is 0 Å². The van der Waals surface area contributed by atoms with Gasteiger partial charge in [0.1, 0.15) is 0 Å². The van der Waals surface area contributed by atoms with Gasteiger partial charge in [0.05, 0.1) is 19.0 Å². The minimum absolute atomic E-state index is 0.0565. The summed E-state index contributed by atoms with van der Waals surface area (Å²) in [5, 5.41) is 17.8. The fourth-order valence-corrected chi connectivity index (χ4v) is 2.73. The monoisotopic (exact) mass is 337 g/mol. The first-order chi connectivity index (χ1) is 12.2. The summed E-state index contributed by atoms with van der Waals surface area (Å²) in [5.41, 5.74) is 2.71. The van der Waals surface area contributed by atoms with E-state index >= 15 is 0 Å². The van der Waals surface area contributed by atoms with E-state index in [-0.39, 0.29) is 11.7 Å². The minimum atomic E-state index is -0.136. The van der Waals surface area contributed by atoms with Gasteiger partial charge in [-0.05, 0) is 36.2 Å². The van der Waals surface area contributed by atoms with E-state index in [9.17, 15) is 9.90 Å². The number of ether oxygens (including phenoxy) is 1. The number of benzene rings is 2. The lowest BCUT2D eigenvalue weighted by molar-refractivity contribution is -0.112. The van der Waals surface area contributed by atoms with Crippen molar-refractivity contribution in [2.24, 2.45) is 10.2 Å². The molecule has 0 saturated carbocycles. The Balaban J connectivity index is 1.90. The molecular weight excluding hydrogens is 318 g/mol. The van der Waals surface area contributed by atoms with Crippen LogP contribution < -0.4 is 9.64 Å². The van der Waals surface area contributed by atoms with E-state index in [1.807, 2.05) is 31.2 Å².